The topological polar surface area (TPSA) is 93.8 Å². The highest BCUT2D eigenvalue weighted by molar-refractivity contribution is 6.39. The Labute approximate surface area is 200 Å². The number of rotatable bonds is 6. The first-order valence-corrected chi connectivity index (χ1v) is 12.0. The second-order valence-corrected chi connectivity index (χ2v) is 9.10. The minimum Gasteiger partial charge on any atom is -0.374 e. The van der Waals surface area contributed by atoms with E-state index < -0.39 is 11.8 Å². The van der Waals surface area contributed by atoms with E-state index in [-0.39, 0.29) is 11.9 Å². The fraction of sp³-hybridized carbons (Fsp3) is 0.423. The molecule has 180 valence electrons. The van der Waals surface area contributed by atoms with Crippen LogP contribution in [0.4, 0.5) is 17.1 Å². The first-order valence-electron chi connectivity index (χ1n) is 12.0. The summed E-state index contributed by atoms with van der Waals surface area (Å²) in [6.45, 7) is 4.77. The average Bonchev–Trinajstić information content (AvgIpc) is 3.19. The van der Waals surface area contributed by atoms with Gasteiger partial charge in [0, 0.05) is 44.1 Å². The van der Waals surface area contributed by atoms with Crippen molar-refractivity contribution in [1.82, 2.24) is 10.2 Å². The van der Waals surface area contributed by atoms with Gasteiger partial charge in [-0.1, -0.05) is 24.6 Å². The van der Waals surface area contributed by atoms with Gasteiger partial charge >= 0.3 is 11.8 Å². The summed E-state index contributed by atoms with van der Waals surface area (Å²) in [4.78, 5) is 41.1. The van der Waals surface area contributed by atoms with Crippen LogP contribution in [0, 0.1) is 0 Å². The maximum atomic E-state index is 12.6. The molecule has 0 unspecified atom stereocenters. The van der Waals surface area contributed by atoms with Crippen molar-refractivity contribution in [2.75, 3.05) is 48.8 Å². The number of anilines is 3. The van der Waals surface area contributed by atoms with Crippen LogP contribution in [0.3, 0.4) is 0 Å². The van der Waals surface area contributed by atoms with E-state index in [0.29, 0.717) is 17.9 Å². The van der Waals surface area contributed by atoms with Crippen molar-refractivity contribution in [2.24, 2.45) is 0 Å². The van der Waals surface area contributed by atoms with Crippen molar-refractivity contribution in [1.29, 1.82) is 0 Å². The Morgan fingerprint density at radius 2 is 1.65 bits per heavy atom. The molecule has 0 aromatic heterocycles. The molecule has 2 aliphatic heterocycles. The van der Waals surface area contributed by atoms with Gasteiger partial charge in [0.1, 0.15) is 0 Å². The number of benzene rings is 2. The molecule has 2 aromatic rings. The third kappa shape index (κ3) is 5.75. The Morgan fingerprint density at radius 3 is 2.38 bits per heavy atom. The maximum absolute atomic E-state index is 12.6. The van der Waals surface area contributed by atoms with E-state index in [1.54, 1.807) is 24.3 Å². The van der Waals surface area contributed by atoms with Crippen molar-refractivity contribution in [2.45, 2.75) is 38.6 Å². The molecule has 8 heteroatoms. The SMILES string of the molecule is CC(=O)Nc1cccc(NC(=O)C(=O)NC[C@@H](c2ccc3c(c2)CCN3C)N2CCCCC2)c1. The lowest BCUT2D eigenvalue weighted by Crippen LogP contribution is -2.43. The Bertz CT molecular complexity index is 1060. The number of amides is 3. The Balaban J connectivity index is 1.42. The number of fused-ring (bicyclic) bond motifs is 1. The maximum Gasteiger partial charge on any atom is 0.313 e. The first-order chi connectivity index (χ1) is 16.4. The van der Waals surface area contributed by atoms with Crippen LogP contribution in [-0.2, 0) is 20.8 Å². The van der Waals surface area contributed by atoms with E-state index in [1.165, 1.54) is 30.2 Å². The molecular formula is C26H33N5O3. The Kier molecular flexibility index (Phi) is 7.47. The van der Waals surface area contributed by atoms with Gasteiger partial charge in [-0.15, -0.1) is 0 Å². The molecule has 2 aromatic carbocycles. The number of likely N-dealkylation sites (N-methyl/N-ethyl adjacent to an activating group) is 1. The third-order valence-electron chi connectivity index (χ3n) is 6.55. The van der Waals surface area contributed by atoms with Crippen LogP contribution in [0.2, 0.25) is 0 Å². The minimum absolute atomic E-state index is 0.0244. The largest absolute Gasteiger partial charge is 0.374 e. The average molecular weight is 464 g/mol. The molecule has 3 N–H and O–H groups in total. The van der Waals surface area contributed by atoms with Gasteiger partial charge in [-0.25, -0.2) is 0 Å². The van der Waals surface area contributed by atoms with Gasteiger partial charge < -0.3 is 20.9 Å². The van der Waals surface area contributed by atoms with E-state index >= 15 is 0 Å². The van der Waals surface area contributed by atoms with Crippen molar-refractivity contribution in [3.63, 3.8) is 0 Å². The molecule has 0 bridgehead atoms. The van der Waals surface area contributed by atoms with Gasteiger partial charge in [0.25, 0.3) is 0 Å². The third-order valence-corrected chi connectivity index (χ3v) is 6.55. The fourth-order valence-electron chi connectivity index (χ4n) is 4.82. The summed E-state index contributed by atoms with van der Waals surface area (Å²) in [6, 6.07) is 13.3. The number of hydrogen-bond donors (Lipinski definition) is 3. The summed E-state index contributed by atoms with van der Waals surface area (Å²) in [6.07, 6.45) is 4.54. The summed E-state index contributed by atoms with van der Waals surface area (Å²) >= 11 is 0. The molecule has 34 heavy (non-hydrogen) atoms. The van der Waals surface area contributed by atoms with Crippen molar-refractivity contribution in [3.05, 3.63) is 53.6 Å². The summed E-state index contributed by atoms with van der Waals surface area (Å²) in [7, 11) is 2.11. The standard InChI is InChI=1S/C26H33N5O3/c1-18(32)28-21-7-6-8-22(16-21)29-26(34)25(33)27-17-24(31-12-4-3-5-13-31)19-9-10-23-20(15-19)11-14-30(23)2/h6-10,15-16,24H,3-5,11-14,17H2,1-2H3,(H,27,33)(H,28,32)(H,29,34)/t24-/m0/s1. The molecule has 1 saturated heterocycles. The molecule has 1 atom stereocenters. The molecule has 3 amide bonds. The number of carbonyl (C=O) groups is 3. The molecule has 0 saturated carbocycles. The van der Waals surface area contributed by atoms with Crippen LogP contribution in [0.15, 0.2) is 42.5 Å². The highest BCUT2D eigenvalue weighted by atomic mass is 16.2. The van der Waals surface area contributed by atoms with Crippen molar-refractivity contribution >= 4 is 34.8 Å². The van der Waals surface area contributed by atoms with Gasteiger partial charge in [0.15, 0.2) is 0 Å². The van der Waals surface area contributed by atoms with Gasteiger partial charge in [-0.2, -0.15) is 0 Å². The number of nitrogens with zero attached hydrogens (tertiary/aromatic N) is 2. The smallest absolute Gasteiger partial charge is 0.313 e. The molecule has 0 spiro atoms. The van der Waals surface area contributed by atoms with E-state index in [2.05, 4.69) is 51.0 Å². The number of likely N-dealkylation sites (tertiary alicyclic amines) is 1. The van der Waals surface area contributed by atoms with E-state index in [9.17, 15) is 14.4 Å². The van der Waals surface area contributed by atoms with E-state index in [4.69, 9.17) is 0 Å². The van der Waals surface area contributed by atoms with Crippen LogP contribution in [0.1, 0.15) is 43.4 Å². The Hall–Kier alpha value is -3.39. The highest BCUT2D eigenvalue weighted by Crippen LogP contribution is 2.32. The second kappa shape index (κ2) is 10.7. The zero-order chi connectivity index (χ0) is 24.1. The number of hydrogen-bond acceptors (Lipinski definition) is 5. The molecule has 0 aliphatic carbocycles. The minimum atomic E-state index is -0.729. The van der Waals surface area contributed by atoms with Crippen molar-refractivity contribution in [3.8, 4) is 0 Å². The molecule has 4 rings (SSSR count). The van der Waals surface area contributed by atoms with Gasteiger partial charge in [-0.05, 0) is 67.7 Å². The lowest BCUT2D eigenvalue weighted by molar-refractivity contribution is -0.136. The normalized spacial score (nSPS) is 16.5. The molecular weight excluding hydrogens is 430 g/mol. The summed E-state index contributed by atoms with van der Waals surface area (Å²) in [5, 5.41) is 8.13. The molecule has 8 nitrogen and oxygen atoms in total. The van der Waals surface area contributed by atoms with Gasteiger partial charge in [0.05, 0.1) is 6.04 Å². The molecule has 1 fully saturated rings. The number of carbonyl (C=O) groups excluding carboxylic acids is 3. The monoisotopic (exact) mass is 463 g/mol. The van der Waals surface area contributed by atoms with Crippen LogP contribution in [0.5, 0.6) is 0 Å². The zero-order valence-electron chi connectivity index (χ0n) is 19.9. The molecule has 0 radical (unpaired) electrons. The van der Waals surface area contributed by atoms with Gasteiger partial charge in [0.2, 0.25) is 5.91 Å². The number of piperidine rings is 1. The first kappa shape index (κ1) is 23.8. The zero-order valence-corrected chi connectivity index (χ0v) is 19.9. The summed E-state index contributed by atoms with van der Waals surface area (Å²) in [5.74, 6) is -1.61. The predicted molar refractivity (Wildman–Crippen MR) is 134 cm³/mol. The Morgan fingerprint density at radius 1 is 0.912 bits per heavy atom. The second-order valence-electron chi connectivity index (χ2n) is 9.10. The number of nitrogens with one attached hydrogen (secondary N) is 3. The van der Waals surface area contributed by atoms with Crippen LogP contribution in [0.25, 0.3) is 0 Å². The quantitative estimate of drug-likeness (QED) is 0.573. The van der Waals surface area contributed by atoms with E-state index in [1.807, 2.05) is 0 Å². The lowest BCUT2D eigenvalue weighted by atomic mass is 9.98. The summed E-state index contributed by atoms with van der Waals surface area (Å²) in [5.41, 5.74) is 4.79. The van der Waals surface area contributed by atoms with Crippen LogP contribution >= 0.6 is 0 Å². The summed E-state index contributed by atoms with van der Waals surface area (Å²) < 4.78 is 0. The fourth-order valence-corrected chi connectivity index (χ4v) is 4.82. The van der Waals surface area contributed by atoms with Gasteiger partial charge in [-0.3, -0.25) is 19.3 Å². The van der Waals surface area contributed by atoms with Crippen LogP contribution < -0.4 is 20.9 Å². The van der Waals surface area contributed by atoms with E-state index in [0.717, 1.165) is 38.9 Å². The molecule has 2 aliphatic rings. The lowest BCUT2D eigenvalue weighted by Gasteiger charge is -2.35. The predicted octanol–water partition coefficient (Wildman–Crippen LogP) is 2.92. The van der Waals surface area contributed by atoms with Crippen molar-refractivity contribution < 1.29 is 14.4 Å². The molecule has 2 heterocycles. The van der Waals surface area contributed by atoms with Crippen LogP contribution in [-0.4, -0.2) is 55.8 Å². The highest BCUT2D eigenvalue weighted by Gasteiger charge is 2.26.